The van der Waals surface area contributed by atoms with E-state index in [-0.39, 0.29) is 12.0 Å². The lowest BCUT2D eigenvalue weighted by Gasteiger charge is -2.18. The van der Waals surface area contributed by atoms with Crippen molar-refractivity contribution in [1.29, 1.82) is 0 Å². The molecule has 2 aromatic rings. The summed E-state index contributed by atoms with van der Waals surface area (Å²) < 4.78 is 12.0. The van der Waals surface area contributed by atoms with E-state index in [4.69, 9.17) is 33.3 Å². The van der Waals surface area contributed by atoms with E-state index in [2.05, 4.69) is 0 Å². The fraction of sp³-hybridized carbons (Fsp3) is 0.273. The molecule has 0 bridgehead atoms. The van der Waals surface area contributed by atoms with Crippen molar-refractivity contribution in [3.05, 3.63) is 69.6 Å². The van der Waals surface area contributed by atoms with Crippen LogP contribution in [0.5, 0.6) is 5.75 Å². The normalized spacial score (nSPS) is 20.7. The second-order valence-electron chi connectivity index (χ2n) is 6.88. The van der Waals surface area contributed by atoms with Crippen molar-refractivity contribution in [1.82, 2.24) is 4.90 Å². The van der Waals surface area contributed by atoms with Crippen molar-refractivity contribution in [2.45, 2.75) is 25.6 Å². The number of carbonyl (C=O) groups excluding carboxylic acids is 1. The highest BCUT2D eigenvalue weighted by Gasteiger charge is 2.34. The van der Waals surface area contributed by atoms with Crippen LogP contribution in [0.4, 0.5) is 0 Å². The maximum Gasteiger partial charge on any atom is 0.266 e. The van der Waals surface area contributed by atoms with Crippen molar-refractivity contribution >= 4 is 51.9 Å². The number of rotatable bonds is 6. The summed E-state index contributed by atoms with van der Waals surface area (Å²) in [6.45, 7) is 1.71. The fourth-order valence-corrected chi connectivity index (χ4v) is 4.70. The van der Waals surface area contributed by atoms with Crippen LogP contribution in [-0.2, 0) is 16.1 Å². The standard InChI is InChI=1S/C22H20ClNO3S2/c23-19-6-2-1-4-16(19)14-27-17-9-7-15(8-10-17)12-20-21(25)24(22(28)29-20)13-18-5-3-11-26-18/h1-2,4,6-10,12,18H,3,5,11,13-14H2/b20-12-/t18-/m0/s1. The van der Waals surface area contributed by atoms with Crippen LogP contribution in [0.3, 0.4) is 0 Å². The van der Waals surface area contributed by atoms with Gasteiger partial charge >= 0.3 is 0 Å². The molecule has 4 rings (SSSR count). The molecule has 2 saturated heterocycles. The molecule has 0 aromatic heterocycles. The molecule has 0 N–H and O–H groups in total. The Labute approximate surface area is 184 Å². The highest BCUT2D eigenvalue weighted by atomic mass is 35.5. The Bertz CT molecular complexity index is 939. The van der Waals surface area contributed by atoms with E-state index in [9.17, 15) is 4.79 Å². The molecule has 7 heteroatoms. The molecule has 2 aliphatic heterocycles. The first kappa shape index (κ1) is 20.4. The van der Waals surface area contributed by atoms with Crippen molar-refractivity contribution in [2.24, 2.45) is 0 Å². The Kier molecular flexibility index (Phi) is 6.55. The van der Waals surface area contributed by atoms with Crippen molar-refractivity contribution in [3.63, 3.8) is 0 Å². The first-order valence-electron chi connectivity index (χ1n) is 9.43. The number of benzene rings is 2. The number of hydrogen-bond acceptors (Lipinski definition) is 5. The molecule has 0 aliphatic carbocycles. The number of halogens is 1. The third-order valence-electron chi connectivity index (χ3n) is 4.81. The average molecular weight is 446 g/mol. The Morgan fingerprint density at radius 3 is 2.76 bits per heavy atom. The zero-order valence-electron chi connectivity index (χ0n) is 15.7. The van der Waals surface area contributed by atoms with Crippen LogP contribution in [0, 0.1) is 0 Å². The number of ether oxygens (including phenoxy) is 2. The summed E-state index contributed by atoms with van der Waals surface area (Å²) in [5, 5.41) is 0.689. The highest BCUT2D eigenvalue weighted by Crippen LogP contribution is 2.33. The Morgan fingerprint density at radius 2 is 2.03 bits per heavy atom. The van der Waals surface area contributed by atoms with Crippen LogP contribution in [0.15, 0.2) is 53.4 Å². The summed E-state index contributed by atoms with van der Waals surface area (Å²) in [5.74, 6) is 0.697. The third-order valence-corrected chi connectivity index (χ3v) is 6.56. The minimum atomic E-state index is -0.0467. The molecule has 4 nitrogen and oxygen atoms in total. The minimum Gasteiger partial charge on any atom is -0.489 e. The van der Waals surface area contributed by atoms with E-state index >= 15 is 0 Å². The fourth-order valence-electron chi connectivity index (χ4n) is 3.24. The van der Waals surface area contributed by atoms with Crippen molar-refractivity contribution in [3.8, 4) is 5.75 Å². The van der Waals surface area contributed by atoms with E-state index in [0.29, 0.717) is 27.4 Å². The van der Waals surface area contributed by atoms with Gasteiger partial charge in [0.2, 0.25) is 0 Å². The SMILES string of the molecule is O=C1/C(=C/c2ccc(OCc3ccccc3Cl)cc2)SC(=S)N1C[C@@H]1CCCO1. The van der Waals surface area contributed by atoms with Crippen LogP contribution < -0.4 is 4.74 Å². The maximum absolute atomic E-state index is 12.7. The van der Waals surface area contributed by atoms with E-state index in [1.165, 1.54) is 11.8 Å². The molecule has 0 saturated carbocycles. The van der Waals surface area contributed by atoms with Gasteiger partial charge in [0.05, 0.1) is 17.6 Å². The van der Waals surface area contributed by atoms with Gasteiger partial charge in [-0.1, -0.05) is 65.9 Å². The van der Waals surface area contributed by atoms with E-state index in [1.54, 1.807) is 4.90 Å². The van der Waals surface area contributed by atoms with Gasteiger partial charge in [-0.15, -0.1) is 0 Å². The summed E-state index contributed by atoms with van der Waals surface area (Å²) >= 11 is 12.9. The van der Waals surface area contributed by atoms with Gasteiger partial charge in [0.1, 0.15) is 16.7 Å². The second-order valence-corrected chi connectivity index (χ2v) is 8.96. The highest BCUT2D eigenvalue weighted by molar-refractivity contribution is 8.26. The largest absolute Gasteiger partial charge is 0.489 e. The number of thioether (sulfide) groups is 1. The molecule has 0 unspecified atom stereocenters. The maximum atomic E-state index is 12.7. The summed E-state index contributed by atoms with van der Waals surface area (Å²) in [6, 6.07) is 15.2. The quantitative estimate of drug-likeness (QED) is 0.445. The number of thiocarbonyl (C=S) groups is 1. The van der Waals surface area contributed by atoms with Gasteiger partial charge in [-0.2, -0.15) is 0 Å². The molecule has 2 fully saturated rings. The number of hydrogen-bond donors (Lipinski definition) is 0. The topological polar surface area (TPSA) is 38.8 Å². The summed E-state index contributed by atoms with van der Waals surface area (Å²) in [5.41, 5.74) is 1.86. The molecule has 1 atom stereocenters. The molecule has 2 aromatic carbocycles. The third kappa shape index (κ3) is 5.01. The molecular weight excluding hydrogens is 426 g/mol. The van der Waals surface area contributed by atoms with Gasteiger partial charge in [0.25, 0.3) is 5.91 Å². The molecule has 2 heterocycles. The van der Waals surface area contributed by atoms with Gasteiger partial charge in [-0.3, -0.25) is 9.69 Å². The lowest BCUT2D eigenvalue weighted by Crippen LogP contribution is -2.35. The van der Waals surface area contributed by atoms with Crippen LogP contribution in [-0.4, -0.2) is 34.4 Å². The van der Waals surface area contributed by atoms with Crippen LogP contribution in [0.25, 0.3) is 6.08 Å². The lowest BCUT2D eigenvalue weighted by atomic mass is 10.2. The molecule has 150 valence electrons. The van der Waals surface area contributed by atoms with Crippen LogP contribution >= 0.6 is 35.6 Å². The van der Waals surface area contributed by atoms with E-state index in [1.807, 2.05) is 54.6 Å². The van der Waals surface area contributed by atoms with Gasteiger partial charge < -0.3 is 9.47 Å². The Hall–Kier alpha value is -1.86. The Morgan fingerprint density at radius 1 is 1.24 bits per heavy atom. The van der Waals surface area contributed by atoms with Gasteiger partial charge in [-0.25, -0.2) is 0 Å². The summed E-state index contributed by atoms with van der Waals surface area (Å²) in [6.07, 6.45) is 3.98. The zero-order valence-corrected chi connectivity index (χ0v) is 18.1. The second kappa shape index (κ2) is 9.30. The first-order chi connectivity index (χ1) is 14.1. The van der Waals surface area contributed by atoms with Gasteiger partial charge in [0.15, 0.2) is 0 Å². The molecule has 0 spiro atoms. The van der Waals surface area contributed by atoms with E-state index < -0.39 is 0 Å². The smallest absolute Gasteiger partial charge is 0.266 e. The average Bonchev–Trinajstić information content (AvgIpc) is 3.33. The molecule has 2 aliphatic rings. The predicted octanol–water partition coefficient (Wildman–Crippen LogP) is 5.30. The van der Waals surface area contributed by atoms with Crippen molar-refractivity contribution < 1.29 is 14.3 Å². The van der Waals surface area contributed by atoms with E-state index in [0.717, 1.165) is 36.3 Å². The van der Waals surface area contributed by atoms with Gasteiger partial charge in [-0.05, 0) is 42.7 Å². The Balaban J connectivity index is 1.38. The lowest BCUT2D eigenvalue weighted by molar-refractivity contribution is -0.123. The number of nitrogens with zero attached hydrogens (tertiary/aromatic N) is 1. The summed E-state index contributed by atoms with van der Waals surface area (Å²) in [4.78, 5) is 15.0. The molecule has 1 amide bonds. The monoisotopic (exact) mass is 445 g/mol. The van der Waals surface area contributed by atoms with Crippen LogP contribution in [0.1, 0.15) is 24.0 Å². The summed E-state index contributed by atoms with van der Waals surface area (Å²) in [7, 11) is 0. The van der Waals surface area contributed by atoms with Crippen LogP contribution in [0.2, 0.25) is 5.02 Å². The zero-order chi connectivity index (χ0) is 20.2. The molecule has 29 heavy (non-hydrogen) atoms. The number of carbonyl (C=O) groups is 1. The molecular formula is C22H20ClNO3S2. The van der Waals surface area contributed by atoms with Crippen molar-refractivity contribution in [2.75, 3.05) is 13.2 Å². The first-order valence-corrected chi connectivity index (χ1v) is 11.0. The van der Waals surface area contributed by atoms with Gasteiger partial charge in [0, 0.05) is 17.2 Å². The predicted molar refractivity (Wildman–Crippen MR) is 121 cm³/mol. The minimum absolute atomic E-state index is 0.0467. The molecule has 0 radical (unpaired) electrons. The number of amides is 1.